The molecule has 9 heteroatoms. The predicted octanol–water partition coefficient (Wildman–Crippen LogP) is 2.87. The van der Waals surface area contributed by atoms with Crippen LogP contribution in [0.15, 0.2) is 42.5 Å². The molecule has 3 amide bonds. The Kier molecular flexibility index (Phi) is 5.42. The third kappa shape index (κ3) is 4.12. The van der Waals surface area contributed by atoms with Gasteiger partial charge in [0.1, 0.15) is 18.2 Å². The Morgan fingerprint density at radius 2 is 1.84 bits per heavy atom. The molecule has 0 radical (unpaired) electrons. The Morgan fingerprint density at radius 1 is 1.06 bits per heavy atom. The molecule has 1 N–H and O–H groups in total. The summed E-state index contributed by atoms with van der Waals surface area (Å²) in [5.41, 5.74) is 1.06. The molecule has 0 aliphatic carbocycles. The maximum absolute atomic E-state index is 13.8. The molecule has 2 atom stereocenters. The van der Waals surface area contributed by atoms with Gasteiger partial charge in [-0.15, -0.1) is 0 Å². The van der Waals surface area contributed by atoms with Gasteiger partial charge >= 0.3 is 6.03 Å². The quantitative estimate of drug-likeness (QED) is 0.792. The number of ether oxygens (including phenoxy) is 2. The fourth-order valence-electron chi connectivity index (χ4n) is 4.41. The van der Waals surface area contributed by atoms with Gasteiger partial charge in [-0.25, -0.2) is 13.6 Å². The largest absolute Gasteiger partial charge is 0.454 e. The van der Waals surface area contributed by atoms with E-state index in [4.69, 9.17) is 9.47 Å². The molecule has 0 saturated carbocycles. The molecule has 7 nitrogen and oxygen atoms in total. The molecule has 2 aromatic rings. The van der Waals surface area contributed by atoms with E-state index in [0.717, 1.165) is 17.7 Å². The average molecular weight is 443 g/mol. The minimum Gasteiger partial charge on any atom is -0.454 e. The lowest BCUT2D eigenvalue weighted by Gasteiger charge is -2.46. The standard InChI is InChI=1S/C23H23F2N3O4/c24-16-3-6-20(18(25)9-16)32-17-4-1-14(2-5-17)15-10-28(11-15)23(30)27-8-7-21-19(12-27)26-22(29)13-31-21/h1-6,9,15,19,21H,7-8,10-13H2,(H,26,29)/t19-,21+/m1/s1. The van der Waals surface area contributed by atoms with Crippen molar-refractivity contribution in [2.24, 2.45) is 0 Å². The summed E-state index contributed by atoms with van der Waals surface area (Å²) in [5, 5.41) is 2.91. The minimum atomic E-state index is -0.759. The van der Waals surface area contributed by atoms with Crippen molar-refractivity contribution in [3.05, 3.63) is 59.7 Å². The molecule has 168 valence electrons. The van der Waals surface area contributed by atoms with E-state index in [2.05, 4.69) is 5.32 Å². The average Bonchev–Trinajstić information content (AvgIpc) is 2.75. The highest BCUT2D eigenvalue weighted by molar-refractivity contribution is 5.79. The number of hydrogen-bond donors (Lipinski definition) is 1. The number of halogens is 2. The Morgan fingerprint density at radius 3 is 2.59 bits per heavy atom. The second-order valence-corrected chi connectivity index (χ2v) is 8.39. The van der Waals surface area contributed by atoms with Crippen molar-refractivity contribution in [3.8, 4) is 11.5 Å². The molecule has 3 fully saturated rings. The van der Waals surface area contributed by atoms with Gasteiger partial charge in [-0.05, 0) is 36.2 Å². The first-order valence-corrected chi connectivity index (χ1v) is 10.6. The summed E-state index contributed by atoms with van der Waals surface area (Å²) in [7, 11) is 0. The molecule has 0 spiro atoms. The van der Waals surface area contributed by atoms with Crippen LogP contribution in [-0.4, -0.2) is 66.7 Å². The molecule has 0 aromatic heterocycles. The zero-order valence-corrected chi connectivity index (χ0v) is 17.3. The molecule has 3 aliphatic heterocycles. The van der Waals surface area contributed by atoms with Crippen molar-refractivity contribution in [2.75, 3.05) is 32.8 Å². The summed E-state index contributed by atoms with van der Waals surface area (Å²) in [4.78, 5) is 28.0. The van der Waals surface area contributed by atoms with Gasteiger partial charge < -0.3 is 24.6 Å². The summed E-state index contributed by atoms with van der Waals surface area (Å²) in [5.74, 6) is -0.930. The van der Waals surface area contributed by atoms with Gasteiger partial charge in [-0.2, -0.15) is 0 Å². The molecule has 0 bridgehead atoms. The first kappa shape index (κ1) is 20.7. The van der Waals surface area contributed by atoms with Crippen LogP contribution in [0.1, 0.15) is 17.9 Å². The highest BCUT2D eigenvalue weighted by Crippen LogP contribution is 2.31. The highest BCUT2D eigenvalue weighted by Gasteiger charge is 2.40. The summed E-state index contributed by atoms with van der Waals surface area (Å²) in [6.07, 6.45) is 0.689. The molecular weight excluding hydrogens is 420 g/mol. The molecule has 32 heavy (non-hydrogen) atoms. The number of carbonyl (C=O) groups excluding carboxylic acids is 2. The van der Waals surface area contributed by atoms with Gasteiger partial charge in [-0.1, -0.05) is 12.1 Å². The van der Waals surface area contributed by atoms with Crippen LogP contribution in [0, 0.1) is 11.6 Å². The third-order valence-corrected chi connectivity index (χ3v) is 6.22. The fraction of sp³-hybridized carbons (Fsp3) is 0.391. The normalized spacial score (nSPS) is 23.2. The van der Waals surface area contributed by atoms with Crippen molar-refractivity contribution in [2.45, 2.75) is 24.5 Å². The predicted molar refractivity (Wildman–Crippen MR) is 110 cm³/mol. The summed E-state index contributed by atoms with van der Waals surface area (Å²) < 4.78 is 37.8. The van der Waals surface area contributed by atoms with Crippen molar-refractivity contribution in [1.82, 2.24) is 15.1 Å². The molecule has 2 aromatic carbocycles. The number of nitrogens with zero attached hydrogens (tertiary/aromatic N) is 2. The summed E-state index contributed by atoms with van der Waals surface area (Å²) in [6.45, 7) is 2.38. The number of amides is 3. The van der Waals surface area contributed by atoms with Gasteiger partial charge in [0, 0.05) is 38.2 Å². The van der Waals surface area contributed by atoms with E-state index in [0.29, 0.717) is 38.3 Å². The smallest absolute Gasteiger partial charge is 0.320 e. The Bertz CT molecular complexity index is 1030. The van der Waals surface area contributed by atoms with Crippen LogP contribution in [0.3, 0.4) is 0 Å². The maximum atomic E-state index is 13.8. The topological polar surface area (TPSA) is 71.1 Å². The van der Waals surface area contributed by atoms with Crippen molar-refractivity contribution >= 4 is 11.9 Å². The van der Waals surface area contributed by atoms with Gasteiger partial charge in [0.15, 0.2) is 11.6 Å². The number of rotatable bonds is 3. The molecule has 3 aliphatic rings. The van der Waals surface area contributed by atoms with Crippen molar-refractivity contribution in [3.63, 3.8) is 0 Å². The van der Waals surface area contributed by atoms with Crippen LogP contribution in [0.4, 0.5) is 13.6 Å². The number of fused-ring (bicyclic) bond motifs is 1. The van der Waals surface area contributed by atoms with E-state index in [9.17, 15) is 18.4 Å². The van der Waals surface area contributed by atoms with Crippen molar-refractivity contribution < 1.29 is 27.8 Å². The zero-order valence-electron chi connectivity index (χ0n) is 17.3. The number of likely N-dealkylation sites (tertiary alicyclic amines) is 2. The van der Waals surface area contributed by atoms with Crippen LogP contribution in [0.25, 0.3) is 0 Å². The number of benzene rings is 2. The van der Waals surface area contributed by atoms with Crippen LogP contribution >= 0.6 is 0 Å². The van der Waals surface area contributed by atoms with Gasteiger partial charge in [0.05, 0.1) is 12.1 Å². The van der Waals surface area contributed by atoms with E-state index in [1.165, 1.54) is 6.07 Å². The van der Waals surface area contributed by atoms with Crippen LogP contribution in [0.5, 0.6) is 11.5 Å². The van der Waals surface area contributed by atoms with E-state index < -0.39 is 11.6 Å². The fourth-order valence-corrected chi connectivity index (χ4v) is 4.41. The highest BCUT2D eigenvalue weighted by atomic mass is 19.1. The number of nitrogens with one attached hydrogen (secondary N) is 1. The maximum Gasteiger partial charge on any atom is 0.320 e. The number of urea groups is 1. The van der Waals surface area contributed by atoms with Crippen LogP contribution in [0.2, 0.25) is 0 Å². The molecule has 0 unspecified atom stereocenters. The first-order chi connectivity index (χ1) is 15.5. The number of morpholine rings is 1. The second kappa shape index (κ2) is 8.38. The van der Waals surface area contributed by atoms with Crippen LogP contribution in [-0.2, 0) is 9.53 Å². The number of piperidine rings is 1. The van der Waals surface area contributed by atoms with E-state index in [1.807, 2.05) is 12.1 Å². The zero-order chi connectivity index (χ0) is 22.2. The monoisotopic (exact) mass is 443 g/mol. The van der Waals surface area contributed by atoms with Crippen molar-refractivity contribution in [1.29, 1.82) is 0 Å². The Labute approximate surface area is 183 Å². The Hall–Kier alpha value is -3.20. The lowest BCUT2D eigenvalue weighted by Crippen LogP contribution is -2.63. The summed E-state index contributed by atoms with van der Waals surface area (Å²) in [6, 6.07) is 10.3. The van der Waals surface area contributed by atoms with E-state index in [1.54, 1.807) is 21.9 Å². The number of carbonyl (C=O) groups is 2. The second-order valence-electron chi connectivity index (χ2n) is 8.39. The van der Waals surface area contributed by atoms with Gasteiger partial charge in [0.25, 0.3) is 0 Å². The van der Waals surface area contributed by atoms with Crippen LogP contribution < -0.4 is 10.1 Å². The van der Waals surface area contributed by atoms with Gasteiger partial charge in [0.2, 0.25) is 5.91 Å². The number of hydrogen-bond acceptors (Lipinski definition) is 4. The Balaban J connectivity index is 1.14. The van der Waals surface area contributed by atoms with E-state index in [-0.39, 0.29) is 42.4 Å². The molecule has 5 rings (SSSR count). The third-order valence-electron chi connectivity index (χ3n) is 6.22. The molecular formula is C23H23F2N3O4. The summed E-state index contributed by atoms with van der Waals surface area (Å²) >= 11 is 0. The van der Waals surface area contributed by atoms with E-state index >= 15 is 0 Å². The lowest BCUT2D eigenvalue weighted by molar-refractivity contribution is -0.139. The first-order valence-electron chi connectivity index (χ1n) is 10.6. The SMILES string of the molecule is O=C1CO[C@H]2CCN(C(=O)N3CC(c4ccc(Oc5ccc(F)cc5F)cc4)C3)C[C@H]2N1. The molecule has 3 saturated heterocycles. The molecule has 3 heterocycles. The van der Waals surface area contributed by atoms with Gasteiger partial charge in [-0.3, -0.25) is 4.79 Å². The minimum absolute atomic E-state index is 0.0220. The lowest BCUT2D eigenvalue weighted by atomic mass is 9.91.